The average molecular weight is 224 g/mol. The van der Waals surface area contributed by atoms with Gasteiger partial charge in [0.1, 0.15) is 5.75 Å². The molecule has 1 aromatic carbocycles. The van der Waals surface area contributed by atoms with Gasteiger partial charge in [0.25, 0.3) is 0 Å². The Morgan fingerprint density at radius 3 is 2.75 bits per heavy atom. The van der Waals surface area contributed by atoms with Crippen molar-refractivity contribution in [2.24, 2.45) is 0 Å². The highest BCUT2D eigenvalue weighted by Gasteiger charge is 2.23. The Morgan fingerprint density at radius 1 is 1.38 bits per heavy atom. The zero-order chi connectivity index (χ0) is 11.4. The summed E-state index contributed by atoms with van der Waals surface area (Å²) in [5.41, 5.74) is 0.943. The van der Waals surface area contributed by atoms with E-state index in [1.54, 1.807) is 7.11 Å². The van der Waals surface area contributed by atoms with Crippen LogP contribution in [0.3, 0.4) is 0 Å². The summed E-state index contributed by atoms with van der Waals surface area (Å²) in [4.78, 5) is 0. The number of ether oxygens (including phenoxy) is 3. The molecule has 1 saturated heterocycles. The molecule has 4 nitrogen and oxygen atoms in total. The van der Waals surface area contributed by atoms with Gasteiger partial charge in [-0.1, -0.05) is 12.1 Å². The second-order valence-corrected chi connectivity index (χ2v) is 3.71. The highest BCUT2D eigenvalue weighted by atomic mass is 16.7. The van der Waals surface area contributed by atoms with Gasteiger partial charge >= 0.3 is 0 Å². The van der Waals surface area contributed by atoms with Crippen molar-refractivity contribution in [3.05, 3.63) is 29.8 Å². The first-order valence-corrected chi connectivity index (χ1v) is 5.35. The summed E-state index contributed by atoms with van der Waals surface area (Å²) in [7, 11) is 1.63. The Kier molecular flexibility index (Phi) is 3.77. The molecule has 2 unspecified atom stereocenters. The van der Waals surface area contributed by atoms with Gasteiger partial charge in [-0.3, -0.25) is 0 Å². The molecule has 0 aromatic heterocycles. The van der Waals surface area contributed by atoms with Crippen molar-refractivity contribution in [1.82, 2.24) is 0 Å². The number of aliphatic hydroxyl groups is 1. The van der Waals surface area contributed by atoms with Crippen LogP contribution in [0.25, 0.3) is 0 Å². The Labute approximate surface area is 94.8 Å². The fourth-order valence-corrected chi connectivity index (χ4v) is 1.66. The van der Waals surface area contributed by atoms with Crippen molar-refractivity contribution in [1.29, 1.82) is 0 Å². The minimum atomic E-state index is -0.378. The van der Waals surface area contributed by atoms with Crippen molar-refractivity contribution in [3.8, 4) is 5.75 Å². The number of methoxy groups -OCH3 is 1. The molecule has 1 N–H and O–H groups in total. The van der Waals surface area contributed by atoms with Crippen LogP contribution in [-0.4, -0.2) is 31.5 Å². The monoisotopic (exact) mass is 224 g/mol. The lowest BCUT2D eigenvalue weighted by molar-refractivity contribution is -0.224. The van der Waals surface area contributed by atoms with Crippen LogP contribution in [0.2, 0.25) is 0 Å². The maximum atomic E-state index is 9.04. The molecule has 1 aliphatic heterocycles. The molecule has 0 aliphatic carbocycles. The molecule has 4 heteroatoms. The van der Waals surface area contributed by atoms with Crippen LogP contribution in [0, 0.1) is 0 Å². The Bertz CT molecular complexity index is 322. The van der Waals surface area contributed by atoms with Gasteiger partial charge in [0.05, 0.1) is 26.4 Å². The van der Waals surface area contributed by atoms with E-state index in [1.165, 1.54) is 0 Å². The zero-order valence-corrected chi connectivity index (χ0v) is 9.26. The van der Waals surface area contributed by atoms with Crippen molar-refractivity contribution < 1.29 is 19.3 Å². The van der Waals surface area contributed by atoms with Gasteiger partial charge in [0, 0.05) is 5.56 Å². The predicted octanol–water partition coefficient (Wildman–Crippen LogP) is 1.49. The van der Waals surface area contributed by atoms with E-state index < -0.39 is 0 Å². The first-order valence-electron chi connectivity index (χ1n) is 5.35. The summed E-state index contributed by atoms with van der Waals surface area (Å²) >= 11 is 0. The van der Waals surface area contributed by atoms with Crippen molar-refractivity contribution in [2.45, 2.75) is 18.8 Å². The molecule has 16 heavy (non-hydrogen) atoms. The Hall–Kier alpha value is -1.10. The fraction of sp³-hybridized carbons (Fsp3) is 0.500. The van der Waals surface area contributed by atoms with Gasteiger partial charge in [-0.2, -0.15) is 0 Å². The van der Waals surface area contributed by atoms with Gasteiger partial charge in [-0.05, 0) is 18.6 Å². The second kappa shape index (κ2) is 5.30. The second-order valence-electron chi connectivity index (χ2n) is 3.71. The van der Waals surface area contributed by atoms with Crippen LogP contribution in [-0.2, 0) is 9.47 Å². The minimum absolute atomic E-state index is 0.0377. The van der Waals surface area contributed by atoms with E-state index in [0.717, 1.165) is 17.7 Å². The molecule has 0 saturated carbocycles. The highest BCUT2D eigenvalue weighted by Crippen LogP contribution is 2.27. The van der Waals surface area contributed by atoms with Crippen LogP contribution in [0.15, 0.2) is 24.3 Å². The third kappa shape index (κ3) is 2.52. The standard InChI is InChI=1S/C12H16O4/c1-14-10-4-2-9(3-5-10)12-15-7-6-11(8-13)16-12/h2-5,11-13H,6-8H2,1H3. The lowest BCUT2D eigenvalue weighted by Gasteiger charge is -2.29. The molecule has 0 amide bonds. The van der Waals surface area contributed by atoms with E-state index in [0.29, 0.717) is 6.61 Å². The predicted molar refractivity (Wildman–Crippen MR) is 58.3 cm³/mol. The number of hydrogen-bond acceptors (Lipinski definition) is 4. The quantitative estimate of drug-likeness (QED) is 0.845. The van der Waals surface area contributed by atoms with E-state index in [-0.39, 0.29) is 19.0 Å². The van der Waals surface area contributed by atoms with Gasteiger partial charge in [-0.25, -0.2) is 0 Å². The lowest BCUT2D eigenvalue weighted by Crippen LogP contribution is -2.29. The molecule has 1 fully saturated rings. The van der Waals surface area contributed by atoms with E-state index in [4.69, 9.17) is 19.3 Å². The topological polar surface area (TPSA) is 47.9 Å². The molecule has 0 spiro atoms. The van der Waals surface area contributed by atoms with E-state index in [1.807, 2.05) is 24.3 Å². The molecule has 2 rings (SSSR count). The first kappa shape index (κ1) is 11.4. The SMILES string of the molecule is COc1ccc(C2OCCC(CO)O2)cc1. The summed E-state index contributed by atoms with van der Waals surface area (Å²) < 4.78 is 16.2. The third-order valence-corrected chi connectivity index (χ3v) is 2.62. The van der Waals surface area contributed by atoms with Crippen LogP contribution in [0.1, 0.15) is 18.3 Å². The van der Waals surface area contributed by atoms with Gasteiger partial charge < -0.3 is 19.3 Å². The first-order chi connectivity index (χ1) is 7.83. The highest BCUT2D eigenvalue weighted by molar-refractivity contribution is 5.27. The molecule has 88 valence electrons. The fourth-order valence-electron chi connectivity index (χ4n) is 1.66. The van der Waals surface area contributed by atoms with E-state index in [9.17, 15) is 0 Å². The summed E-state index contributed by atoms with van der Waals surface area (Å²) in [5, 5.41) is 9.04. The van der Waals surface area contributed by atoms with E-state index >= 15 is 0 Å². The van der Waals surface area contributed by atoms with Gasteiger partial charge in [0.2, 0.25) is 0 Å². The van der Waals surface area contributed by atoms with Gasteiger partial charge in [0.15, 0.2) is 6.29 Å². The normalized spacial score (nSPS) is 25.4. The lowest BCUT2D eigenvalue weighted by atomic mass is 10.2. The van der Waals surface area contributed by atoms with Crippen molar-refractivity contribution in [2.75, 3.05) is 20.3 Å². The largest absolute Gasteiger partial charge is 0.497 e. The number of aliphatic hydroxyl groups excluding tert-OH is 1. The molecule has 1 heterocycles. The average Bonchev–Trinajstić information content (AvgIpc) is 2.39. The third-order valence-electron chi connectivity index (χ3n) is 2.62. The summed E-state index contributed by atoms with van der Waals surface area (Å²) in [6.07, 6.45) is 0.237. The van der Waals surface area contributed by atoms with Crippen LogP contribution in [0.4, 0.5) is 0 Å². The number of hydrogen-bond donors (Lipinski definition) is 1. The molecule has 1 aromatic rings. The van der Waals surface area contributed by atoms with Crippen LogP contribution >= 0.6 is 0 Å². The molecular weight excluding hydrogens is 208 g/mol. The van der Waals surface area contributed by atoms with Crippen molar-refractivity contribution in [3.63, 3.8) is 0 Å². The Morgan fingerprint density at radius 2 is 2.12 bits per heavy atom. The molecular formula is C12H16O4. The van der Waals surface area contributed by atoms with Crippen LogP contribution < -0.4 is 4.74 Å². The number of benzene rings is 1. The molecule has 2 atom stereocenters. The maximum Gasteiger partial charge on any atom is 0.184 e. The maximum absolute atomic E-state index is 9.04. The zero-order valence-electron chi connectivity index (χ0n) is 9.26. The van der Waals surface area contributed by atoms with Crippen molar-refractivity contribution >= 4 is 0 Å². The molecule has 0 radical (unpaired) electrons. The Balaban J connectivity index is 2.05. The van der Waals surface area contributed by atoms with Gasteiger partial charge in [-0.15, -0.1) is 0 Å². The number of rotatable bonds is 3. The summed E-state index contributed by atoms with van der Waals surface area (Å²) in [6.45, 7) is 0.651. The summed E-state index contributed by atoms with van der Waals surface area (Å²) in [6, 6.07) is 7.54. The summed E-state index contributed by atoms with van der Waals surface area (Å²) in [5.74, 6) is 0.804. The molecule has 0 bridgehead atoms. The van der Waals surface area contributed by atoms with E-state index in [2.05, 4.69) is 0 Å². The van der Waals surface area contributed by atoms with Crippen LogP contribution in [0.5, 0.6) is 5.75 Å². The smallest absolute Gasteiger partial charge is 0.184 e. The molecule has 1 aliphatic rings. The minimum Gasteiger partial charge on any atom is -0.497 e.